The van der Waals surface area contributed by atoms with Crippen molar-refractivity contribution in [1.82, 2.24) is 9.97 Å². The zero-order valence-corrected chi connectivity index (χ0v) is 10.7. The fourth-order valence-corrected chi connectivity index (χ4v) is 1.83. The van der Waals surface area contributed by atoms with Crippen molar-refractivity contribution in [2.45, 2.75) is 19.9 Å². The average Bonchev–Trinajstić information content (AvgIpc) is 2.46. The van der Waals surface area contributed by atoms with E-state index >= 15 is 0 Å². The van der Waals surface area contributed by atoms with Crippen LogP contribution in [0.25, 0.3) is 0 Å². The van der Waals surface area contributed by atoms with Crippen LogP contribution in [0, 0.1) is 11.3 Å². The Labute approximate surface area is 112 Å². The van der Waals surface area contributed by atoms with Crippen molar-refractivity contribution in [3.05, 3.63) is 47.4 Å². The lowest BCUT2D eigenvalue weighted by Crippen LogP contribution is -2.08. The van der Waals surface area contributed by atoms with Crippen LogP contribution in [0.15, 0.2) is 30.6 Å². The van der Waals surface area contributed by atoms with Gasteiger partial charge in [0.25, 0.3) is 0 Å². The molecule has 2 rings (SSSR count). The van der Waals surface area contributed by atoms with E-state index in [1.807, 2.05) is 18.2 Å². The Balaban J connectivity index is 2.17. The number of hydrogen-bond acceptors (Lipinski definition) is 5. The molecule has 5 heteroatoms. The molecule has 0 aliphatic carbocycles. The van der Waals surface area contributed by atoms with E-state index in [1.165, 1.54) is 5.56 Å². The molecule has 0 aliphatic rings. The highest BCUT2D eigenvalue weighted by atomic mass is 15.0. The predicted molar refractivity (Wildman–Crippen MR) is 74.3 cm³/mol. The number of nitrogens with two attached hydrogens (primary N) is 1. The summed E-state index contributed by atoms with van der Waals surface area (Å²) in [5.74, 6) is 0.520. The number of aryl methyl sites for hydroxylation is 1. The van der Waals surface area contributed by atoms with Crippen LogP contribution >= 0.6 is 0 Å². The molecule has 0 aliphatic heterocycles. The Hall–Kier alpha value is -2.61. The molecule has 0 saturated heterocycles. The molecular weight excluding hydrogens is 238 g/mol. The zero-order chi connectivity index (χ0) is 13.7. The van der Waals surface area contributed by atoms with Gasteiger partial charge in [0.2, 0.25) is 0 Å². The van der Waals surface area contributed by atoms with Gasteiger partial charge in [0.05, 0.1) is 23.5 Å². The van der Waals surface area contributed by atoms with Gasteiger partial charge in [0, 0.05) is 12.4 Å². The molecule has 96 valence electrons. The molecule has 0 atom stereocenters. The number of hydrogen-bond donors (Lipinski definition) is 2. The van der Waals surface area contributed by atoms with Gasteiger partial charge >= 0.3 is 0 Å². The van der Waals surface area contributed by atoms with E-state index in [0.717, 1.165) is 12.1 Å². The number of aromatic nitrogens is 2. The summed E-state index contributed by atoms with van der Waals surface area (Å²) < 4.78 is 0. The van der Waals surface area contributed by atoms with Crippen LogP contribution in [0.4, 0.5) is 11.5 Å². The van der Waals surface area contributed by atoms with E-state index in [-0.39, 0.29) is 0 Å². The van der Waals surface area contributed by atoms with Crippen molar-refractivity contribution >= 4 is 11.5 Å². The maximum absolute atomic E-state index is 8.91. The number of nitriles is 1. The predicted octanol–water partition coefficient (Wildman–Crippen LogP) is 2.10. The Kier molecular flexibility index (Phi) is 3.94. The van der Waals surface area contributed by atoms with E-state index in [9.17, 15) is 0 Å². The summed E-state index contributed by atoms with van der Waals surface area (Å²) in [6.45, 7) is 2.62. The van der Waals surface area contributed by atoms with Gasteiger partial charge in [-0.25, -0.2) is 4.98 Å². The fourth-order valence-electron chi connectivity index (χ4n) is 1.83. The lowest BCUT2D eigenvalue weighted by atomic mass is 10.1. The largest absolute Gasteiger partial charge is 0.395 e. The molecule has 2 aromatic rings. The number of anilines is 2. The maximum Gasteiger partial charge on any atom is 0.150 e. The normalized spacial score (nSPS) is 9.89. The summed E-state index contributed by atoms with van der Waals surface area (Å²) in [5, 5.41) is 12.0. The Morgan fingerprint density at radius 3 is 2.89 bits per heavy atom. The lowest BCUT2D eigenvalue weighted by molar-refractivity contribution is 0.965. The number of nitrogens with one attached hydrogen (secondary N) is 1. The van der Waals surface area contributed by atoms with E-state index in [2.05, 4.69) is 22.2 Å². The average molecular weight is 253 g/mol. The van der Waals surface area contributed by atoms with Gasteiger partial charge in [-0.1, -0.05) is 13.0 Å². The van der Waals surface area contributed by atoms with Crippen LogP contribution in [0.3, 0.4) is 0 Å². The van der Waals surface area contributed by atoms with Crippen LogP contribution in [0.5, 0.6) is 0 Å². The second-order valence-corrected chi connectivity index (χ2v) is 4.05. The highest BCUT2D eigenvalue weighted by Crippen LogP contribution is 2.19. The summed E-state index contributed by atoms with van der Waals surface area (Å²) in [5.41, 5.74) is 8.81. The van der Waals surface area contributed by atoms with Crippen LogP contribution in [0.1, 0.15) is 23.7 Å². The quantitative estimate of drug-likeness (QED) is 0.871. The van der Waals surface area contributed by atoms with Crippen molar-refractivity contribution in [2.24, 2.45) is 0 Å². The first-order valence-corrected chi connectivity index (χ1v) is 6.07. The van der Waals surface area contributed by atoms with E-state index in [0.29, 0.717) is 23.6 Å². The highest BCUT2D eigenvalue weighted by Gasteiger charge is 2.07. The third-order valence-corrected chi connectivity index (χ3v) is 2.90. The zero-order valence-electron chi connectivity index (χ0n) is 10.7. The summed E-state index contributed by atoms with van der Waals surface area (Å²) in [7, 11) is 0. The molecule has 0 unspecified atom stereocenters. The fraction of sp³-hybridized carbons (Fsp3) is 0.214. The summed E-state index contributed by atoms with van der Waals surface area (Å²) in [4.78, 5) is 8.48. The second kappa shape index (κ2) is 5.83. The number of rotatable bonds is 4. The van der Waals surface area contributed by atoms with E-state index < -0.39 is 0 Å². The third kappa shape index (κ3) is 2.80. The van der Waals surface area contributed by atoms with Gasteiger partial charge in [0.15, 0.2) is 5.82 Å². The first-order chi connectivity index (χ1) is 9.26. The SMILES string of the molecule is CCc1cccnc1CNc1nccc(C#N)c1N. The molecule has 2 aromatic heterocycles. The number of pyridine rings is 2. The number of nitrogens with zero attached hydrogens (tertiary/aromatic N) is 3. The van der Waals surface area contributed by atoms with Crippen molar-refractivity contribution in [3.63, 3.8) is 0 Å². The minimum Gasteiger partial charge on any atom is -0.395 e. The van der Waals surface area contributed by atoms with Gasteiger partial charge < -0.3 is 11.1 Å². The molecule has 0 radical (unpaired) electrons. The van der Waals surface area contributed by atoms with Crippen molar-refractivity contribution in [3.8, 4) is 6.07 Å². The number of nitrogen functional groups attached to an aromatic ring is 1. The first-order valence-electron chi connectivity index (χ1n) is 6.07. The molecule has 0 saturated carbocycles. The van der Waals surface area contributed by atoms with Gasteiger partial charge in [-0.3, -0.25) is 4.98 Å². The van der Waals surface area contributed by atoms with Gasteiger partial charge in [0.1, 0.15) is 6.07 Å². The topological polar surface area (TPSA) is 87.6 Å². The van der Waals surface area contributed by atoms with Gasteiger partial charge in [-0.15, -0.1) is 0 Å². The molecule has 19 heavy (non-hydrogen) atoms. The molecule has 0 spiro atoms. The smallest absolute Gasteiger partial charge is 0.150 e. The van der Waals surface area contributed by atoms with Gasteiger partial charge in [-0.05, 0) is 24.1 Å². The standard InChI is InChI=1S/C14H15N5/c1-2-10-4-3-6-17-12(10)9-19-14-13(16)11(8-15)5-7-18-14/h3-7H,2,9,16H2,1H3,(H,18,19). The first kappa shape index (κ1) is 12.8. The highest BCUT2D eigenvalue weighted by molar-refractivity contribution is 5.68. The molecule has 0 amide bonds. The Bertz CT molecular complexity index is 615. The molecule has 2 heterocycles. The van der Waals surface area contributed by atoms with Crippen molar-refractivity contribution in [1.29, 1.82) is 5.26 Å². The Morgan fingerprint density at radius 2 is 2.16 bits per heavy atom. The summed E-state index contributed by atoms with van der Waals surface area (Å²) in [6.07, 6.45) is 4.25. The molecule has 5 nitrogen and oxygen atoms in total. The van der Waals surface area contributed by atoms with Crippen molar-refractivity contribution < 1.29 is 0 Å². The molecule has 0 aromatic carbocycles. The van der Waals surface area contributed by atoms with Crippen LogP contribution in [-0.4, -0.2) is 9.97 Å². The van der Waals surface area contributed by atoms with E-state index in [1.54, 1.807) is 18.5 Å². The van der Waals surface area contributed by atoms with Crippen LogP contribution in [0.2, 0.25) is 0 Å². The molecule has 0 bridgehead atoms. The monoisotopic (exact) mass is 253 g/mol. The summed E-state index contributed by atoms with van der Waals surface area (Å²) in [6, 6.07) is 7.60. The molecular formula is C14H15N5. The van der Waals surface area contributed by atoms with Gasteiger partial charge in [-0.2, -0.15) is 5.26 Å². The minimum atomic E-state index is 0.374. The third-order valence-electron chi connectivity index (χ3n) is 2.90. The lowest BCUT2D eigenvalue weighted by Gasteiger charge is -2.10. The second-order valence-electron chi connectivity index (χ2n) is 4.05. The van der Waals surface area contributed by atoms with Crippen LogP contribution < -0.4 is 11.1 Å². The van der Waals surface area contributed by atoms with E-state index in [4.69, 9.17) is 11.0 Å². The molecule has 0 fully saturated rings. The molecule has 3 N–H and O–H groups in total. The summed E-state index contributed by atoms with van der Waals surface area (Å²) >= 11 is 0. The van der Waals surface area contributed by atoms with Crippen LogP contribution in [-0.2, 0) is 13.0 Å². The van der Waals surface area contributed by atoms with Crippen molar-refractivity contribution in [2.75, 3.05) is 11.1 Å². The maximum atomic E-state index is 8.91. The Morgan fingerprint density at radius 1 is 1.32 bits per heavy atom. The minimum absolute atomic E-state index is 0.374.